The zero-order chi connectivity index (χ0) is 15.6. The lowest BCUT2D eigenvalue weighted by molar-refractivity contribution is -0.00461. The maximum absolute atomic E-state index is 11.3. The quantitative estimate of drug-likeness (QED) is 0.892. The van der Waals surface area contributed by atoms with Crippen molar-refractivity contribution in [3.05, 3.63) is 23.4 Å². The molecule has 1 saturated heterocycles. The number of methoxy groups -OCH3 is 2. The molecule has 0 aliphatic carbocycles. The Hall–Kier alpha value is -1.66. The predicted molar refractivity (Wildman–Crippen MR) is 79.1 cm³/mol. The lowest BCUT2D eigenvalue weighted by Gasteiger charge is -2.19. The van der Waals surface area contributed by atoms with Gasteiger partial charge in [0.25, 0.3) is 0 Å². The van der Waals surface area contributed by atoms with Gasteiger partial charge in [0.15, 0.2) is 0 Å². The van der Waals surface area contributed by atoms with Gasteiger partial charge in [-0.25, -0.2) is 9.78 Å². The summed E-state index contributed by atoms with van der Waals surface area (Å²) in [5, 5.41) is 9.26. The second kappa shape index (κ2) is 6.41. The van der Waals surface area contributed by atoms with E-state index in [1.807, 2.05) is 18.7 Å². The molecule has 1 N–H and O–H groups in total. The molecule has 6 nitrogen and oxygen atoms in total. The smallest absolute Gasteiger partial charge is 0.335 e. The number of rotatable bonds is 5. The van der Waals surface area contributed by atoms with Gasteiger partial charge < -0.3 is 19.5 Å². The number of carboxylic acids is 1. The molecule has 0 amide bonds. The van der Waals surface area contributed by atoms with E-state index in [2.05, 4.69) is 4.98 Å². The van der Waals surface area contributed by atoms with Gasteiger partial charge in [-0.15, -0.1) is 0 Å². The molecule has 1 fully saturated rings. The fraction of sp³-hybridized carbons (Fsp3) is 0.600. The highest BCUT2D eigenvalue weighted by Gasteiger charge is 2.34. The van der Waals surface area contributed by atoms with E-state index in [0.29, 0.717) is 18.9 Å². The van der Waals surface area contributed by atoms with Gasteiger partial charge in [-0.3, -0.25) is 0 Å². The lowest BCUT2D eigenvalue weighted by atomic mass is 10.1. The third-order valence-corrected chi connectivity index (χ3v) is 3.81. The first-order valence-corrected chi connectivity index (χ1v) is 7.02. The first-order chi connectivity index (χ1) is 9.96. The summed E-state index contributed by atoms with van der Waals surface area (Å²) < 4.78 is 10.8. The third kappa shape index (κ3) is 3.33. The highest BCUT2D eigenvalue weighted by Crippen LogP contribution is 2.25. The average molecular weight is 294 g/mol. The van der Waals surface area contributed by atoms with Crippen molar-refractivity contribution in [2.45, 2.75) is 32.0 Å². The molecular formula is C15H22N2O4. The standard InChI is InChI=1S/C15H22N2O4/c1-9(2)11-5-10(15(18)19)6-14(16-11)17-7-12(20-3)13(8-17)21-4/h5-6,9,12-13H,7-8H2,1-4H3,(H,18,19). The summed E-state index contributed by atoms with van der Waals surface area (Å²) in [6.45, 7) is 5.28. The number of hydrogen-bond acceptors (Lipinski definition) is 5. The van der Waals surface area contributed by atoms with E-state index in [-0.39, 0.29) is 23.7 Å². The number of carboxylic acid groups (broad SMARTS) is 1. The fourth-order valence-electron chi connectivity index (χ4n) is 2.50. The van der Waals surface area contributed by atoms with Gasteiger partial charge in [-0.2, -0.15) is 0 Å². The van der Waals surface area contributed by atoms with Gasteiger partial charge in [0.2, 0.25) is 0 Å². The summed E-state index contributed by atoms with van der Waals surface area (Å²) in [4.78, 5) is 17.9. The highest BCUT2D eigenvalue weighted by molar-refractivity contribution is 5.88. The Balaban J connectivity index is 2.33. The van der Waals surface area contributed by atoms with Crippen molar-refractivity contribution in [1.29, 1.82) is 0 Å². The van der Waals surface area contributed by atoms with Crippen LogP contribution in [0.2, 0.25) is 0 Å². The first-order valence-electron chi connectivity index (χ1n) is 7.02. The molecule has 1 aromatic heterocycles. The van der Waals surface area contributed by atoms with E-state index >= 15 is 0 Å². The Morgan fingerprint density at radius 2 is 1.86 bits per heavy atom. The van der Waals surface area contributed by atoms with E-state index in [1.165, 1.54) is 0 Å². The van der Waals surface area contributed by atoms with E-state index in [9.17, 15) is 9.90 Å². The number of pyridine rings is 1. The largest absolute Gasteiger partial charge is 0.478 e. The zero-order valence-corrected chi connectivity index (χ0v) is 12.9. The second-order valence-electron chi connectivity index (χ2n) is 5.55. The van der Waals surface area contributed by atoms with Crippen LogP contribution >= 0.6 is 0 Å². The van der Waals surface area contributed by atoms with Crippen LogP contribution in [0.1, 0.15) is 35.8 Å². The van der Waals surface area contributed by atoms with Gasteiger partial charge in [0.05, 0.1) is 5.56 Å². The number of hydrogen-bond donors (Lipinski definition) is 1. The Labute approximate surface area is 124 Å². The highest BCUT2D eigenvalue weighted by atomic mass is 16.5. The first kappa shape index (κ1) is 15.7. The number of nitrogens with zero attached hydrogens (tertiary/aromatic N) is 2. The summed E-state index contributed by atoms with van der Waals surface area (Å²) in [5.74, 6) is -0.103. The molecule has 21 heavy (non-hydrogen) atoms. The van der Waals surface area contributed by atoms with Crippen molar-refractivity contribution < 1.29 is 19.4 Å². The van der Waals surface area contributed by atoms with E-state index in [4.69, 9.17) is 9.47 Å². The van der Waals surface area contributed by atoms with Crippen LogP contribution in [0.25, 0.3) is 0 Å². The summed E-state index contributed by atoms with van der Waals surface area (Å²) in [6, 6.07) is 3.24. The minimum atomic E-state index is -0.939. The molecule has 1 aromatic rings. The number of carbonyl (C=O) groups is 1. The normalized spacial score (nSPS) is 22.0. The molecule has 116 valence electrons. The summed E-state index contributed by atoms with van der Waals surface area (Å²) in [5.41, 5.74) is 1.04. The summed E-state index contributed by atoms with van der Waals surface area (Å²) in [7, 11) is 3.31. The molecular weight excluding hydrogens is 272 g/mol. The van der Waals surface area contributed by atoms with Gasteiger partial charge >= 0.3 is 5.97 Å². The molecule has 2 heterocycles. The average Bonchev–Trinajstić information content (AvgIpc) is 2.89. The second-order valence-corrected chi connectivity index (χ2v) is 5.55. The van der Waals surface area contributed by atoms with Crippen molar-refractivity contribution >= 4 is 11.8 Å². The van der Waals surface area contributed by atoms with Crippen molar-refractivity contribution in [3.63, 3.8) is 0 Å². The monoisotopic (exact) mass is 294 g/mol. The van der Waals surface area contributed by atoms with Crippen molar-refractivity contribution in [1.82, 2.24) is 4.98 Å². The molecule has 1 aliphatic rings. The van der Waals surface area contributed by atoms with Crippen LogP contribution in [0.15, 0.2) is 12.1 Å². The summed E-state index contributed by atoms with van der Waals surface area (Å²) >= 11 is 0. The predicted octanol–water partition coefficient (Wildman–Crippen LogP) is 1.75. The van der Waals surface area contributed by atoms with E-state index in [1.54, 1.807) is 26.4 Å². The Bertz CT molecular complexity index is 506. The molecule has 6 heteroatoms. The summed E-state index contributed by atoms with van der Waals surface area (Å²) in [6.07, 6.45) is -0.0689. The molecule has 0 radical (unpaired) electrons. The maximum atomic E-state index is 11.3. The Morgan fingerprint density at radius 1 is 1.29 bits per heavy atom. The van der Waals surface area contributed by atoms with Crippen LogP contribution in [0.4, 0.5) is 5.82 Å². The maximum Gasteiger partial charge on any atom is 0.335 e. The SMILES string of the molecule is COC1CN(c2cc(C(=O)O)cc(C(C)C)n2)CC1OC. The molecule has 0 bridgehead atoms. The minimum Gasteiger partial charge on any atom is -0.478 e. The molecule has 0 saturated carbocycles. The van der Waals surface area contributed by atoms with Crippen molar-refractivity contribution in [2.75, 3.05) is 32.2 Å². The van der Waals surface area contributed by atoms with Crippen LogP contribution in [-0.4, -0.2) is 55.6 Å². The minimum absolute atomic E-state index is 0.0345. The lowest BCUT2D eigenvalue weighted by Crippen LogP contribution is -2.27. The topological polar surface area (TPSA) is 71.9 Å². The van der Waals surface area contributed by atoms with Crippen molar-refractivity contribution in [2.24, 2.45) is 0 Å². The van der Waals surface area contributed by atoms with E-state index in [0.717, 1.165) is 5.69 Å². The molecule has 2 rings (SSSR count). The number of aromatic nitrogens is 1. The number of ether oxygens (including phenoxy) is 2. The van der Waals surface area contributed by atoms with Crippen LogP contribution in [0.5, 0.6) is 0 Å². The molecule has 0 spiro atoms. The fourth-order valence-corrected chi connectivity index (χ4v) is 2.50. The van der Waals surface area contributed by atoms with Crippen LogP contribution < -0.4 is 4.90 Å². The Kier molecular flexibility index (Phi) is 4.80. The molecule has 2 unspecified atom stereocenters. The van der Waals surface area contributed by atoms with Crippen LogP contribution in [0.3, 0.4) is 0 Å². The molecule has 0 aromatic carbocycles. The van der Waals surface area contributed by atoms with Crippen LogP contribution in [0, 0.1) is 0 Å². The zero-order valence-electron chi connectivity index (χ0n) is 12.9. The molecule has 2 atom stereocenters. The van der Waals surface area contributed by atoms with Crippen LogP contribution in [-0.2, 0) is 9.47 Å². The van der Waals surface area contributed by atoms with Gasteiger partial charge in [0, 0.05) is 33.0 Å². The number of aromatic carboxylic acids is 1. The third-order valence-electron chi connectivity index (χ3n) is 3.81. The Morgan fingerprint density at radius 3 is 2.29 bits per heavy atom. The van der Waals surface area contributed by atoms with E-state index < -0.39 is 5.97 Å². The number of anilines is 1. The van der Waals surface area contributed by atoms with Gasteiger partial charge in [-0.1, -0.05) is 13.8 Å². The van der Waals surface area contributed by atoms with Crippen molar-refractivity contribution in [3.8, 4) is 0 Å². The molecule has 1 aliphatic heterocycles. The van der Waals surface area contributed by atoms with Gasteiger partial charge in [-0.05, 0) is 18.1 Å². The van der Waals surface area contributed by atoms with Gasteiger partial charge in [0.1, 0.15) is 18.0 Å².